The number of ether oxygens (including phenoxy) is 1. The zero-order chi connectivity index (χ0) is 27.7. The second-order valence-corrected chi connectivity index (χ2v) is 11.2. The molecule has 0 saturated heterocycles. The van der Waals surface area contributed by atoms with E-state index in [-0.39, 0.29) is 18.8 Å². The molecule has 0 heterocycles. The molecule has 0 aliphatic carbocycles. The fourth-order valence-corrected chi connectivity index (χ4v) is 5.49. The molecule has 0 aliphatic heterocycles. The quantitative estimate of drug-likeness (QED) is 0.194. The summed E-state index contributed by atoms with van der Waals surface area (Å²) >= 11 is 0. The van der Waals surface area contributed by atoms with Gasteiger partial charge in [-0.1, -0.05) is 86.6 Å². The van der Waals surface area contributed by atoms with Crippen molar-refractivity contribution in [1.29, 1.82) is 0 Å². The second kappa shape index (κ2) is 13.3. The second-order valence-electron chi connectivity index (χ2n) is 9.26. The van der Waals surface area contributed by atoms with Crippen LogP contribution in [0.2, 0.25) is 0 Å². The van der Waals surface area contributed by atoms with Gasteiger partial charge in [0.25, 0.3) is 0 Å². The lowest BCUT2D eigenvalue weighted by molar-refractivity contribution is -0.208. The summed E-state index contributed by atoms with van der Waals surface area (Å²) in [5.41, 5.74) is 1.31. The lowest BCUT2D eigenvalue weighted by Gasteiger charge is -2.36. The van der Waals surface area contributed by atoms with Gasteiger partial charge in [0.1, 0.15) is 6.04 Å². The van der Waals surface area contributed by atoms with Gasteiger partial charge in [-0.15, -0.1) is 0 Å². The van der Waals surface area contributed by atoms with E-state index in [4.69, 9.17) is 9.26 Å². The topological polar surface area (TPSA) is 134 Å². The van der Waals surface area contributed by atoms with Gasteiger partial charge in [-0.25, -0.2) is 4.79 Å². The largest absolute Gasteiger partial charge is 0.777 e. The molecule has 2 amide bonds. The van der Waals surface area contributed by atoms with Crippen molar-refractivity contribution in [2.45, 2.75) is 44.6 Å². The van der Waals surface area contributed by atoms with E-state index in [2.05, 4.69) is 10.6 Å². The Morgan fingerprint density at radius 1 is 0.947 bits per heavy atom. The maximum Gasteiger partial charge on any atom is 0.335 e. The first-order valence-electron chi connectivity index (χ1n) is 12.2. The highest BCUT2D eigenvalue weighted by atomic mass is 31.2. The zero-order valence-electron chi connectivity index (χ0n) is 21.5. The molecule has 0 fully saturated rings. The normalized spacial score (nSPS) is 15.2. The number of benzene rings is 3. The molecule has 38 heavy (non-hydrogen) atoms. The van der Waals surface area contributed by atoms with Crippen LogP contribution in [0.3, 0.4) is 0 Å². The van der Waals surface area contributed by atoms with E-state index in [1.54, 1.807) is 50.2 Å². The van der Waals surface area contributed by atoms with Crippen LogP contribution in [-0.2, 0) is 41.1 Å². The Bertz CT molecular complexity index is 1300. The van der Waals surface area contributed by atoms with Gasteiger partial charge in [0.05, 0.1) is 12.9 Å². The molecule has 3 aromatic rings. The molecule has 3 aromatic carbocycles. The van der Waals surface area contributed by atoms with Crippen LogP contribution in [0, 0.1) is 5.92 Å². The summed E-state index contributed by atoms with van der Waals surface area (Å²) < 4.78 is 23.8. The number of fused-ring (bicyclic) bond motifs is 1. The average molecular weight is 540 g/mol. The Hall–Kier alpha value is -3.52. The van der Waals surface area contributed by atoms with Crippen molar-refractivity contribution < 1.29 is 33.1 Å². The van der Waals surface area contributed by atoms with E-state index >= 15 is 0 Å². The number of hydrogen-bond donors (Lipinski definition) is 2. The molecule has 202 valence electrons. The first-order valence-corrected chi connectivity index (χ1v) is 13.8. The fourth-order valence-electron chi connectivity index (χ4n) is 4.10. The van der Waals surface area contributed by atoms with Gasteiger partial charge in [-0.2, -0.15) is 0 Å². The Morgan fingerprint density at radius 3 is 2.24 bits per heavy atom. The van der Waals surface area contributed by atoms with Crippen LogP contribution in [0.4, 0.5) is 0 Å². The van der Waals surface area contributed by atoms with Gasteiger partial charge in [-0.05, 0) is 27.8 Å². The van der Waals surface area contributed by atoms with E-state index in [1.165, 1.54) is 0 Å². The standard InChI is InChI=1S/C28H33N2O7P/c1-19(2)26(29-18-31)27(32)30-25(17-21-13-14-22-11-7-8-12-23(22)15-21)38(34,35)37-24(28(33)36-3)16-20-9-5-4-6-10-20/h4-15,18-19,24-26H,16-17H2,1-3H3,(H,29,31)(H,30,32)(H,34,35)/p-1. The number of carbonyl (C=O) groups is 3. The molecule has 0 spiro atoms. The minimum atomic E-state index is -4.93. The number of nitrogens with one attached hydrogen (secondary N) is 2. The Morgan fingerprint density at radius 2 is 1.61 bits per heavy atom. The zero-order valence-corrected chi connectivity index (χ0v) is 22.4. The number of carbonyl (C=O) groups excluding carboxylic acids is 3. The minimum Gasteiger partial charge on any atom is -0.777 e. The maximum atomic E-state index is 13.6. The Balaban J connectivity index is 1.93. The van der Waals surface area contributed by atoms with E-state index in [0.717, 1.165) is 17.9 Å². The number of hydrogen-bond acceptors (Lipinski definition) is 7. The van der Waals surface area contributed by atoms with Gasteiger partial charge in [0, 0.05) is 12.8 Å². The molecular formula is C28H32N2O7P-. The van der Waals surface area contributed by atoms with Crippen molar-refractivity contribution in [3.05, 3.63) is 83.9 Å². The van der Waals surface area contributed by atoms with Crippen molar-refractivity contribution in [3.63, 3.8) is 0 Å². The lowest BCUT2D eigenvalue weighted by Crippen LogP contribution is -2.51. The van der Waals surface area contributed by atoms with Crippen LogP contribution in [-0.4, -0.2) is 43.3 Å². The van der Waals surface area contributed by atoms with Gasteiger partial charge < -0.3 is 29.4 Å². The molecule has 0 aromatic heterocycles. The van der Waals surface area contributed by atoms with E-state index in [0.29, 0.717) is 17.5 Å². The molecule has 0 saturated carbocycles. The molecule has 3 rings (SSSR count). The van der Waals surface area contributed by atoms with Crippen molar-refractivity contribution in [1.82, 2.24) is 10.6 Å². The number of esters is 1. The number of amides is 2. The molecular weight excluding hydrogens is 507 g/mol. The van der Waals surface area contributed by atoms with Gasteiger partial charge in [0.2, 0.25) is 12.3 Å². The third-order valence-electron chi connectivity index (χ3n) is 6.13. The monoisotopic (exact) mass is 539 g/mol. The summed E-state index contributed by atoms with van der Waals surface area (Å²) in [7, 11) is -3.79. The number of methoxy groups -OCH3 is 1. The van der Waals surface area contributed by atoms with Crippen LogP contribution >= 0.6 is 7.60 Å². The predicted molar refractivity (Wildman–Crippen MR) is 142 cm³/mol. The van der Waals surface area contributed by atoms with Crippen LogP contribution in [0.15, 0.2) is 72.8 Å². The van der Waals surface area contributed by atoms with E-state index in [1.807, 2.05) is 36.4 Å². The van der Waals surface area contributed by atoms with Crippen LogP contribution < -0.4 is 15.5 Å². The van der Waals surface area contributed by atoms with Gasteiger partial charge in [0.15, 0.2) is 13.7 Å². The SMILES string of the molecule is COC(=O)C(Cc1ccccc1)OP(=O)([O-])C(Cc1ccc2ccccc2c1)NC(=O)C(NC=O)C(C)C. The van der Waals surface area contributed by atoms with Crippen molar-refractivity contribution in [2.75, 3.05) is 7.11 Å². The maximum absolute atomic E-state index is 13.6. The van der Waals surface area contributed by atoms with Crippen molar-refractivity contribution >= 4 is 36.7 Å². The van der Waals surface area contributed by atoms with Crippen LogP contribution in [0.1, 0.15) is 25.0 Å². The predicted octanol–water partition coefficient (Wildman–Crippen LogP) is 2.95. The highest BCUT2D eigenvalue weighted by Crippen LogP contribution is 2.45. The van der Waals surface area contributed by atoms with Gasteiger partial charge in [-0.3, -0.25) is 9.59 Å². The van der Waals surface area contributed by atoms with Gasteiger partial charge >= 0.3 is 5.97 Å². The smallest absolute Gasteiger partial charge is 0.335 e. The molecule has 0 aliphatic rings. The third-order valence-corrected chi connectivity index (χ3v) is 7.76. The summed E-state index contributed by atoms with van der Waals surface area (Å²) in [6.45, 7) is 3.44. The molecule has 2 N–H and O–H groups in total. The van der Waals surface area contributed by atoms with Crippen molar-refractivity contribution in [2.24, 2.45) is 5.92 Å². The summed E-state index contributed by atoms with van der Waals surface area (Å²) in [5.74, 6) is -3.37. The highest BCUT2D eigenvalue weighted by molar-refractivity contribution is 7.52. The molecule has 10 heteroatoms. The van der Waals surface area contributed by atoms with Crippen LogP contribution in [0.5, 0.6) is 0 Å². The molecule has 4 unspecified atom stereocenters. The summed E-state index contributed by atoms with van der Waals surface area (Å²) in [4.78, 5) is 50.2. The van der Waals surface area contributed by atoms with E-state index in [9.17, 15) is 23.8 Å². The van der Waals surface area contributed by atoms with Crippen LogP contribution in [0.25, 0.3) is 10.8 Å². The van der Waals surface area contributed by atoms with E-state index < -0.39 is 37.4 Å². The Kier molecular flexibility index (Phi) is 10.2. The fraction of sp³-hybridized carbons (Fsp3) is 0.321. The minimum absolute atomic E-state index is 0.0439. The highest BCUT2D eigenvalue weighted by Gasteiger charge is 2.34. The molecule has 0 bridgehead atoms. The summed E-state index contributed by atoms with van der Waals surface area (Å²) in [6, 6.07) is 20.9. The number of rotatable bonds is 13. The first kappa shape index (κ1) is 29.0. The molecule has 0 radical (unpaired) electrons. The van der Waals surface area contributed by atoms with Crippen molar-refractivity contribution in [3.8, 4) is 0 Å². The Labute approximate surface area is 222 Å². The first-order chi connectivity index (χ1) is 18.1. The summed E-state index contributed by atoms with van der Waals surface area (Å²) in [5, 5.41) is 6.83. The molecule has 9 nitrogen and oxygen atoms in total. The summed E-state index contributed by atoms with van der Waals surface area (Å²) in [6.07, 6.45) is -1.22. The third kappa shape index (κ3) is 7.74. The molecule has 4 atom stereocenters. The average Bonchev–Trinajstić information content (AvgIpc) is 2.90. The lowest BCUT2D eigenvalue weighted by atomic mass is 10.0.